The second-order valence-electron chi connectivity index (χ2n) is 4.36. The third kappa shape index (κ3) is 2.56. The molecule has 1 saturated carbocycles. The zero-order valence-electron chi connectivity index (χ0n) is 9.74. The first-order valence-corrected chi connectivity index (χ1v) is 5.74. The van der Waals surface area contributed by atoms with Gasteiger partial charge in [0.2, 0.25) is 0 Å². The zero-order valence-corrected chi connectivity index (χ0v) is 9.74. The molecule has 1 aromatic rings. The monoisotopic (exact) mass is 234 g/mol. The summed E-state index contributed by atoms with van der Waals surface area (Å²) in [5.74, 6) is 0.473. The molecule has 1 aliphatic rings. The van der Waals surface area contributed by atoms with Gasteiger partial charge in [-0.05, 0) is 44.5 Å². The van der Waals surface area contributed by atoms with Gasteiger partial charge in [-0.3, -0.25) is 0 Å². The van der Waals surface area contributed by atoms with Crippen molar-refractivity contribution in [3.05, 3.63) is 29.6 Å². The molecule has 0 amide bonds. The highest BCUT2D eigenvalue weighted by Gasteiger charge is 2.30. The molecule has 1 N–H and O–H groups in total. The van der Waals surface area contributed by atoms with Gasteiger partial charge in [0.05, 0.1) is 6.10 Å². The fraction of sp³-hybridized carbons (Fsp3) is 0.462. The summed E-state index contributed by atoms with van der Waals surface area (Å²) in [6.45, 7) is 0.980. The van der Waals surface area contributed by atoms with Gasteiger partial charge >= 0.3 is 0 Å². The van der Waals surface area contributed by atoms with Crippen molar-refractivity contribution in [2.24, 2.45) is 5.92 Å². The lowest BCUT2D eigenvalue weighted by Gasteiger charge is -2.35. The van der Waals surface area contributed by atoms with E-state index in [1.54, 1.807) is 12.1 Å². The van der Waals surface area contributed by atoms with Gasteiger partial charge in [0.1, 0.15) is 23.2 Å². The number of halogens is 1. The van der Waals surface area contributed by atoms with E-state index in [9.17, 15) is 4.39 Å². The highest BCUT2D eigenvalue weighted by Crippen LogP contribution is 2.32. The summed E-state index contributed by atoms with van der Waals surface area (Å²) in [6.07, 6.45) is 2.03. The topological polar surface area (TPSA) is 45.0 Å². The Balaban J connectivity index is 1.97. The number of ether oxygens (including phenoxy) is 1. The fourth-order valence-electron chi connectivity index (χ4n) is 2.12. The number of benzene rings is 1. The second-order valence-corrected chi connectivity index (χ2v) is 4.36. The maximum atomic E-state index is 13.3. The van der Waals surface area contributed by atoms with Crippen molar-refractivity contribution in [1.29, 1.82) is 5.26 Å². The summed E-state index contributed by atoms with van der Waals surface area (Å²) in [5.41, 5.74) is 0.00423. The molecule has 0 spiro atoms. The zero-order chi connectivity index (χ0) is 12.3. The summed E-state index contributed by atoms with van der Waals surface area (Å²) in [6, 6.07) is 6.33. The predicted octanol–water partition coefficient (Wildman–Crippen LogP) is 2.07. The number of hydrogen-bond acceptors (Lipinski definition) is 3. The van der Waals surface area contributed by atoms with Crippen LogP contribution < -0.4 is 10.1 Å². The maximum absolute atomic E-state index is 13.3. The van der Waals surface area contributed by atoms with Gasteiger partial charge in [0.15, 0.2) is 0 Å². The minimum atomic E-state index is -0.518. The van der Waals surface area contributed by atoms with Gasteiger partial charge in [0.25, 0.3) is 0 Å². The second kappa shape index (κ2) is 5.15. The highest BCUT2D eigenvalue weighted by molar-refractivity contribution is 5.44. The Hall–Kier alpha value is -1.60. The van der Waals surface area contributed by atoms with Crippen molar-refractivity contribution in [2.75, 3.05) is 13.6 Å². The summed E-state index contributed by atoms with van der Waals surface area (Å²) in [4.78, 5) is 0. The molecule has 3 nitrogen and oxygen atoms in total. The van der Waals surface area contributed by atoms with Crippen molar-refractivity contribution in [2.45, 2.75) is 18.9 Å². The lowest BCUT2D eigenvalue weighted by atomic mass is 9.82. The van der Waals surface area contributed by atoms with E-state index in [1.807, 2.05) is 13.1 Å². The summed E-state index contributed by atoms with van der Waals surface area (Å²) >= 11 is 0. The van der Waals surface area contributed by atoms with Crippen LogP contribution in [0, 0.1) is 23.1 Å². The first kappa shape index (κ1) is 11.9. The summed E-state index contributed by atoms with van der Waals surface area (Å²) < 4.78 is 18.9. The van der Waals surface area contributed by atoms with E-state index < -0.39 is 5.82 Å². The van der Waals surface area contributed by atoms with E-state index in [1.165, 1.54) is 6.07 Å². The third-order valence-corrected chi connectivity index (χ3v) is 3.07. The van der Waals surface area contributed by atoms with E-state index in [2.05, 4.69) is 5.32 Å². The first-order chi connectivity index (χ1) is 8.24. The molecule has 2 rings (SSSR count). The Morgan fingerprint density at radius 2 is 2.29 bits per heavy atom. The lowest BCUT2D eigenvalue weighted by Crippen LogP contribution is -2.38. The van der Waals surface area contributed by atoms with Crippen LogP contribution in [0.15, 0.2) is 18.2 Å². The van der Waals surface area contributed by atoms with Gasteiger partial charge < -0.3 is 10.1 Å². The van der Waals surface area contributed by atoms with E-state index >= 15 is 0 Å². The van der Waals surface area contributed by atoms with Crippen LogP contribution in [-0.4, -0.2) is 19.7 Å². The van der Waals surface area contributed by atoms with Crippen molar-refractivity contribution in [1.82, 2.24) is 5.32 Å². The molecule has 0 aromatic heterocycles. The smallest absolute Gasteiger partial charge is 0.144 e. The number of nitrogens with zero attached hydrogens (tertiary/aromatic N) is 1. The third-order valence-electron chi connectivity index (χ3n) is 3.07. The molecular formula is C13H15FN2O. The Morgan fingerprint density at radius 3 is 2.94 bits per heavy atom. The van der Waals surface area contributed by atoms with Crippen molar-refractivity contribution in [3.63, 3.8) is 0 Å². The minimum absolute atomic E-state index is 0.00423. The maximum Gasteiger partial charge on any atom is 0.144 e. The van der Waals surface area contributed by atoms with Crippen LogP contribution in [0.5, 0.6) is 5.75 Å². The van der Waals surface area contributed by atoms with Crippen molar-refractivity contribution in [3.8, 4) is 11.8 Å². The fourth-order valence-corrected chi connectivity index (χ4v) is 2.12. The molecule has 0 unspecified atom stereocenters. The molecule has 1 fully saturated rings. The molecule has 0 radical (unpaired) electrons. The molecule has 0 saturated heterocycles. The molecule has 0 atom stereocenters. The van der Waals surface area contributed by atoms with Crippen LogP contribution in [0.2, 0.25) is 0 Å². The predicted molar refractivity (Wildman–Crippen MR) is 62.2 cm³/mol. The Kier molecular flexibility index (Phi) is 3.60. The van der Waals surface area contributed by atoms with Crippen molar-refractivity contribution >= 4 is 0 Å². The number of hydrogen-bond donors (Lipinski definition) is 1. The summed E-state index contributed by atoms with van der Waals surface area (Å²) in [5, 5.41) is 12.0. The SMILES string of the molecule is CNCC1CC(Oc2cccc(F)c2C#N)C1. The van der Waals surface area contributed by atoms with Gasteiger partial charge in [0, 0.05) is 0 Å². The quantitative estimate of drug-likeness (QED) is 0.867. The molecular weight excluding hydrogens is 219 g/mol. The molecule has 0 aliphatic heterocycles. The molecule has 1 aliphatic carbocycles. The van der Waals surface area contributed by atoms with Crippen LogP contribution in [0.3, 0.4) is 0 Å². The Morgan fingerprint density at radius 1 is 1.53 bits per heavy atom. The van der Waals surface area contributed by atoms with E-state index in [-0.39, 0.29) is 11.7 Å². The summed E-state index contributed by atoms with van der Waals surface area (Å²) in [7, 11) is 1.93. The van der Waals surface area contributed by atoms with E-state index in [0.29, 0.717) is 11.7 Å². The van der Waals surface area contributed by atoms with Crippen LogP contribution >= 0.6 is 0 Å². The van der Waals surface area contributed by atoms with Crippen molar-refractivity contribution < 1.29 is 9.13 Å². The van der Waals surface area contributed by atoms with Gasteiger partial charge in [-0.15, -0.1) is 0 Å². The molecule has 17 heavy (non-hydrogen) atoms. The Labute approximate surface area is 100 Å². The van der Waals surface area contributed by atoms with Crippen LogP contribution in [-0.2, 0) is 0 Å². The number of rotatable bonds is 4. The molecule has 0 bridgehead atoms. The molecule has 1 aromatic carbocycles. The lowest BCUT2D eigenvalue weighted by molar-refractivity contribution is 0.0652. The first-order valence-electron chi connectivity index (χ1n) is 5.74. The number of nitriles is 1. The van der Waals surface area contributed by atoms with Crippen LogP contribution in [0.1, 0.15) is 18.4 Å². The standard InChI is InChI=1S/C13H15FN2O/c1-16-8-9-5-10(6-9)17-13-4-2-3-12(14)11(13)7-15/h2-4,9-10,16H,5-6,8H2,1H3. The molecule has 4 heteroatoms. The molecule has 0 heterocycles. The average molecular weight is 234 g/mol. The van der Waals surface area contributed by atoms with Gasteiger partial charge in [-0.25, -0.2) is 4.39 Å². The van der Waals surface area contributed by atoms with Crippen LogP contribution in [0.25, 0.3) is 0 Å². The number of nitrogens with one attached hydrogen (secondary N) is 1. The van der Waals surface area contributed by atoms with Gasteiger partial charge in [-0.1, -0.05) is 6.07 Å². The van der Waals surface area contributed by atoms with E-state index in [0.717, 1.165) is 19.4 Å². The molecule has 90 valence electrons. The van der Waals surface area contributed by atoms with Gasteiger partial charge in [-0.2, -0.15) is 5.26 Å². The Bertz CT molecular complexity index is 436. The average Bonchev–Trinajstić information content (AvgIpc) is 2.26. The normalized spacial score (nSPS) is 22.6. The largest absolute Gasteiger partial charge is 0.489 e. The van der Waals surface area contributed by atoms with Crippen LogP contribution in [0.4, 0.5) is 4.39 Å². The minimum Gasteiger partial charge on any atom is -0.489 e. The highest BCUT2D eigenvalue weighted by atomic mass is 19.1. The van der Waals surface area contributed by atoms with E-state index in [4.69, 9.17) is 10.00 Å².